The van der Waals surface area contributed by atoms with E-state index in [-0.39, 0.29) is 17.4 Å². The van der Waals surface area contributed by atoms with Crippen LogP contribution in [0.3, 0.4) is 0 Å². The molecule has 2 aromatic heterocycles. The second-order valence-corrected chi connectivity index (χ2v) is 6.08. The predicted octanol–water partition coefficient (Wildman–Crippen LogP) is 0.524. The van der Waals surface area contributed by atoms with Gasteiger partial charge >= 0.3 is 0 Å². The zero-order valence-corrected chi connectivity index (χ0v) is 11.7. The highest BCUT2D eigenvalue weighted by atomic mass is 16.5. The molecular weight excluding hydrogens is 268 g/mol. The number of ether oxygens (including phenoxy) is 1. The van der Waals surface area contributed by atoms with Crippen LogP contribution < -0.4 is 5.73 Å². The molecule has 1 amide bonds. The van der Waals surface area contributed by atoms with Gasteiger partial charge in [0.1, 0.15) is 0 Å². The van der Waals surface area contributed by atoms with Crippen molar-refractivity contribution >= 4 is 11.4 Å². The Kier molecular flexibility index (Phi) is 2.77. The summed E-state index contributed by atoms with van der Waals surface area (Å²) in [5.74, 6) is 0.284. The van der Waals surface area contributed by atoms with Crippen LogP contribution in [0.2, 0.25) is 0 Å². The van der Waals surface area contributed by atoms with Crippen molar-refractivity contribution in [3.05, 3.63) is 36.4 Å². The van der Waals surface area contributed by atoms with Gasteiger partial charge in [-0.25, -0.2) is 4.98 Å². The molecule has 2 N–H and O–H groups in total. The summed E-state index contributed by atoms with van der Waals surface area (Å²) in [6.45, 7) is 2.64. The molecule has 0 unspecified atom stereocenters. The number of nitrogens with two attached hydrogens (primary N) is 1. The van der Waals surface area contributed by atoms with Crippen molar-refractivity contribution in [2.45, 2.75) is 12.0 Å². The molecule has 2 saturated heterocycles. The Labute approximate surface area is 122 Å². The molecule has 6 nitrogen and oxygen atoms in total. The summed E-state index contributed by atoms with van der Waals surface area (Å²) in [6, 6.07) is 3.70. The summed E-state index contributed by atoms with van der Waals surface area (Å²) < 4.78 is 7.39. The van der Waals surface area contributed by atoms with Crippen molar-refractivity contribution in [2.75, 3.05) is 26.3 Å². The van der Waals surface area contributed by atoms with Crippen molar-refractivity contribution < 1.29 is 9.53 Å². The summed E-state index contributed by atoms with van der Waals surface area (Å²) in [7, 11) is 0. The number of nitrogens with zero attached hydrogens (tertiary/aromatic N) is 3. The summed E-state index contributed by atoms with van der Waals surface area (Å²) in [6.07, 6.45) is 6.15. The maximum Gasteiger partial charge on any atom is 0.254 e. The fourth-order valence-corrected chi connectivity index (χ4v) is 3.38. The first-order chi connectivity index (χ1) is 10.2. The Hall–Kier alpha value is -1.92. The highest BCUT2D eigenvalue weighted by molar-refractivity contribution is 5.95. The van der Waals surface area contributed by atoms with Crippen LogP contribution in [0.15, 0.2) is 30.9 Å². The van der Waals surface area contributed by atoms with Gasteiger partial charge in [0, 0.05) is 42.9 Å². The lowest BCUT2D eigenvalue weighted by Crippen LogP contribution is -2.52. The van der Waals surface area contributed by atoms with Crippen molar-refractivity contribution in [1.82, 2.24) is 14.3 Å². The van der Waals surface area contributed by atoms with E-state index in [2.05, 4.69) is 4.98 Å². The normalized spacial score (nSPS) is 28.8. The molecule has 2 aromatic rings. The standard InChI is InChI=1S/C15H18N4O2/c16-15-2-4-21-8-12(15)7-19(9-15)14(20)11-1-3-18-10-17-6-13(18)5-11/h1,3,5-6,10,12H,2,4,7-9,16H2/t12-,15+/m0/s1. The molecule has 0 aliphatic carbocycles. The van der Waals surface area contributed by atoms with Crippen LogP contribution >= 0.6 is 0 Å². The van der Waals surface area contributed by atoms with E-state index >= 15 is 0 Å². The molecule has 4 heterocycles. The number of fused-ring (bicyclic) bond motifs is 2. The SMILES string of the molecule is N[C@@]12CCOC[C@@H]1CN(C(=O)c1ccn3cncc3c1)C2. The third-order valence-electron chi connectivity index (χ3n) is 4.72. The highest BCUT2D eigenvalue weighted by Crippen LogP contribution is 2.32. The Bertz CT molecular complexity index is 698. The van der Waals surface area contributed by atoms with Gasteiger partial charge in [-0.2, -0.15) is 0 Å². The topological polar surface area (TPSA) is 72.9 Å². The Morgan fingerprint density at radius 3 is 3.29 bits per heavy atom. The lowest BCUT2D eigenvalue weighted by molar-refractivity contribution is 0.0241. The zero-order chi connectivity index (χ0) is 14.4. The van der Waals surface area contributed by atoms with Crippen LogP contribution in [0.1, 0.15) is 16.8 Å². The predicted molar refractivity (Wildman–Crippen MR) is 76.9 cm³/mol. The number of carbonyl (C=O) groups is 1. The van der Waals surface area contributed by atoms with Crippen LogP contribution in [0.4, 0.5) is 0 Å². The Balaban J connectivity index is 1.60. The van der Waals surface area contributed by atoms with Crippen LogP contribution in [0.5, 0.6) is 0 Å². The maximum atomic E-state index is 12.7. The van der Waals surface area contributed by atoms with Gasteiger partial charge in [0.15, 0.2) is 0 Å². The van der Waals surface area contributed by atoms with Crippen molar-refractivity contribution in [3.63, 3.8) is 0 Å². The molecule has 2 aliphatic rings. The van der Waals surface area contributed by atoms with E-state index in [1.54, 1.807) is 12.5 Å². The number of pyridine rings is 1. The van der Waals surface area contributed by atoms with Gasteiger partial charge < -0.3 is 19.8 Å². The fraction of sp³-hybridized carbons (Fsp3) is 0.467. The summed E-state index contributed by atoms with van der Waals surface area (Å²) in [4.78, 5) is 18.6. The molecule has 0 saturated carbocycles. The van der Waals surface area contributed by atoms with Gasteiger partial charge in [-0.1, -0.05) is 0 Å². The monoisotopic (exact) mass is 286 g/mol. The van der Waals surface area contributed by atoms with E-state index in [1.165, 1.54) is 0 Å². The van der Waals surface area contributed by atoms with Crippen molar-refractivity contribution in [1.29, 1.82) is 0 Å². The number of imidazole rings is 1. The summed E-state index contributed by atoms with van der Waals surface area (Å²) in [5.41, 5.74) is 7.78. The molecule has 4 rings (SSSR count). The third kappa shape index (κ3) is 2.02. The first-order valence-electron chi connectivity index (χ1n) is 7.23. The minimum atomic E-state index is -0.283. The number of amides is 1. The number of hydrogen-bond donors (Lipinski definition) is 1. The zero-order valence-electron chi connectivity index (χ0n) is 11.7. The van der Waals surface area contributed by atoms with Crippen molar-refractivity contribution in [3.8, 4) is 0 Å². The number of hydrogen-bond acceptors (Lipinski definition) is 4. The van der Waals surface area contributed by atoms with E-state index in [1.807, 2.05) is 27.6 Å². The van der Waals surface area contributed by atoms with Gasteiger partial charge in [0.05, 0.1) is 24.6 Å². The van der Waals surface area contributed by atoms with Gasteiger partial charge in [-0.15, -0.1) is 0 Å². The number of aromatic nitrogens is 2. The van der Waals surface area contributed by atoms with Crippen LogP contribution in [-0.2, 0) is 4.74 Å². The van der Waals surface area contributed by atoms with Crippen molar-refractivity contribution in [2.24, 2.45) is 11.7 Å². The second kappa shape index (κ2) is 4.54. The Morgan fingerprint density at radius 1 is 1.52 bits per heavy atom. The molecule has 2 atom stereocenters. The molecular formula is C15H18N4O2. The molecule has 0 radical (unpaired) electrons. The fourth-order valence-electron chi connectivity index (χ4n) is 3.38. The molecule has 2 fully saturated rings. The average Bonchev–Trinajstić information content (AvgIpc) is 3.08. The molecule has 2 aliphatic heterocycles. The van der Waals surface area contributed by atoms with Crippen LogP contribution in [-0.4, -0.2) is 52.0 Å². The molecule has 6 heteroatoms. The summed E-state index contributed by atoms with van der Waals surface area (Å²) in [5, 5.41) is 0. The minimum Gasteiger partial charge on any atom is -0.381 e. The Morgan fingerprint density at radius 2 is 2.43 bits per heavy atom. The smallest absolute Gasteiger partial charge is 0.254 e. The first-order valence-corrected chi connectivity index (χ1v) is 7.23. The van der Waals surface area contributed by atoms with E-state index in [0.29, 0.717) is 31.9 Å². The average molecular weight is 286 g/mol. The lowest BCUT2D eigenvalue weighted by Gasteiger charge is -2.34. The van der Waals surface area contributed by atoms with Crippen LogP contribution in [0.25, 0.3) is 5.52 Å². The number of carbonyl (C=O) groups excluding carboxylic acids is 1. The highest BCUT2D eigenvalue weighted by Gasteiger charge is 2.47. The molecule has 0 bridgehead atoms. The first kappa shape index (κ1) is 12.8. The van der Waals surface area contributed by atoms with Gasteiger partial charge in [-0.05, 0) is 18.6 Å². The molecule has 110 valence electrons. The van der Waals surface area contributed by atoms with E-state index in [9.17, 15) is 4.79 Å². The number of likely N-dealkylation sites (tertiary alicyclic amines) is 1. The quantitative estimate of drug-likeness (QED) is 0.829. The largest absolute Gasteiger partial charge is 0.381 e. The summed E-state index contributed by atoms with van der Waals surface area (Å²) >= 11 is 0. The van der Waals surface area contributed by atoms with E-state index in [0.717, 1.165) is 11.9 Å². The third-order valence-corrected chi connectivity index (χ3v) is 4.72. The number of rotatable bonds is 1. The molecule has 0 spiro atoms. The lowest BCUT2D eigenvalue weighted by atomic mass is 9.84. The van der Waals surface area contributed by atoms with E-state index in [4.69, 9.17) is 10.5 Å². The minimum absolute atomic E-state index is 0.0397. The maximum absolute atomic E-state index is 12.7. The molecule has 0 aromatic carbocycles. The van der Waals surface area contributed by atoms with Crippen LogP contribution in [0, 0.1) is 5.92 Å². The van der Waals surface area contributed by atoms with Gasteiger partial charge in [-0.3, -0.25) is 4.79 Å². The van der Waals surface area contributed by atoms with Gasteiger partial charge in [0.25, 0.3) is 5.91 Å². The molecule has 21 heavy (non-hydrogen) atoms. The van der Waals surface area contributed by atoms with Gasteiger partial charge in [0.2, 0.25) is 0 Å². The second-order valence-electron chi connectivity index (χ2n) is 6.08. The van der Waals surface area contributed by atoms with E-state index < -0.39 is 0 Å².